The van der Waals surface area contributed by atoms with Gasteiger partial charge in [0.1, 0.15) is 11.5 Å². The van der Waals surface area contributed by atoms with Crippen molar-refractivity contribution in [3.8, 4) is 11.5 Å². The number of carbonyl (C=O) groups is 3. The van der Waals surface area contributed by atoms with E-state index in [1.54, 1.807) is 19.1 Å². The molecule has 2 aromatic rings. The fourth-order valence-corrected chi connectivity index (χ4v) is 5.05. The minimum Gasteiger partial charge on any atom is -0.508 e. The van der Waals surface area contributed by atoms with E-state index in [0.717, 1.165) is 29.5 Å². The Bertz CT molecular complexity index is 1170. The maximum Gasteiger partial charge on any atom is 0.307 e. The van der Waals surface area contributed by atoms with Crippen LogP contribution in [-0.2, 0) is 27.2 Å². The van der Waals surface area contributed by atoms with Crippen LogP contribution in [-0.4, -0.2) is 57.9 Å². The minimum absolute atomic E-state index is 0.0253. The molecule has 0 radical (unpaired) electrons. The average Bonchev–Trinajstić information content (AvgIpc) is 3.84. The Morgan fingerprint density at radius 3 is 1.69 bits per heavy atom. The fraction of sp³-hybridized carbons (Fsp3) is 0.500. The van der Waals surface area contributed by atoms with Gasteiger partial charge in [0.2, 0.25) is 11.8 Å². The number of hydrogen-bond donors (Lipinski definition) is 6. The van der Waals surface area contributed by atoms with E-state index in [1.807, 2.05) is 25.1 Å². The zero-order chi connectivity index (χ0) is 28.5. The molecule has 0 bridgehead atoms. The second kappa shape index (κ2) is 14.0. The van der Waals surface area contributed by atoms with Crippen molar-refractivity contribution in [3.05, 3.63) is 58.7 Å². The molecule has 2 aromatic carbocycles. The molecular formula is C30H40N2O7. The first-order valence-corrected chi connectivity index (χ1v) is 13.7. The van der Waals surface area contributed by atoms with E-state index in [0.29, 0.717) is 55.7 Å². The number of aliphatic carboxylic acids is 1. The van der Waals surface area contributed by atoms with Crippen LogP contribution in [0.4, 0.5) is 0 Å². The van der Waals surface area contributed by atoms with Gasteiger partial charge >= 0.3 is 5.97 Å². The maximum atomic E-state index is 11.2. The largest absolute Gasteiger partial charge is 0.508 e. The molecule has 2 aliphatic carbocycles. The molecule has 0 unspecified atom stereocenters. The molecule has 212 valence electrons. The number of phenols is 2. The quantitative estimate of drug-likeness (QED) is 0.241. The van der Waals surface area contributed by atoms with Crippen LogP contribution >= 0.6 is 0 Å². The first-order chi connectivity index (χ1) is 18.7. The van der Waals surface area contributed by atoms with Crippen LogP contribution in [0.15, 0.2) is 36.4 Å². The highest BCUT2D eigenvalue weighted by Gasteiger charge is 2.40. The number of carboxylic acids is 1. The predicted octanol–water partition coefficient (Wildman–Crippen LogP) is 3.21. The van der Waals surface area contributed by atoms with E-state index in [1.165, 1.54) is 6.07 Å². The number of hydrogen-bond acceptors (Lipinski definition) is 6. The first-order valence-electron chi connectivity index (χ1n) is 13.7. The molecule has 39 heavy (non-hydrogen) atoms. The molecule has 4 atom stereocenters. The van der Waals surface area contributed by atoms with Crippen LogP contribution in [0.25, 0.3) is 0 Å². The van der Waals surface area contributed by atoms with E-state index in [4.69, 9.17) is 10.2 Å². The Morgan fingerprint density at radius 1 is 0.795 bits per heavy atom. The van der Waals surface area contributed by atoms with Crippen molar-refractivity contribution >= 4 is 17.8 Å². The Hall–Kier alpha value is -3.59. The van der Waals surface area contributed by atoms with Crippen molar-refractivity contribution in [1.29, 1.82) is 0 Å². The van der Waals surface area contributed by atoms with Crippen LogP contribution in [0, 0.1) is 11.8 Å². The van der Waals surface area contributed by atoms with Crippen molar-refractivity contribution in [2.45, 2.75) is 64.2 Å². The number of nitrogens with one attached hydrogen (secondary N) is 2. The van der Waals surface area contributed by atoms with Gasteiger partial charge < -0.3 is 31.1 Å². The molecule has 0 saturated heterocycles. The second-order valence-corrected chi connectivity index (χ2v) is 10.3. The lowest BCUT2D eigenvalue weighted by atomic mass is 9.98. The van der Waals surface area contributed by atoms with Gasteiger partial charge in [-0.3, -0.25) is 14.4 Å². The van der Waals surface area contributed by atoms with Gasteiger partial charge in [0.25, 0.3) is 0 Å². The molecule has 2 saturated carbocycles. The number of aliphatic hydroxyl groups is 1. The molecule has 0 aliphatic heterocycles. The van der Waals surface area contributed by atoms with Crippen LogP contribution in [0.2, 0.25) is 0 Å². The lowest BCUT2D eigenvalue weighted by Crippen LogP contribution is -2.24. The van der Waals surface area contributed by atoms with Crippen LogP contribution in [0.5, 0.6) is 11.5 Å². The summed E-state index contributed by atoms with van der Waals surface area (Å²) in [5, 5.41) is 43.4. The normalized spacial score (nSPS) is 20.8. The number of carboxylic acid groups (broad SMARTS) is 1. The summed E-state index contributed by atoms with van der Waals surface area (Å²) in [6.45, 7) is 4.99. The molecule has 2 amide bonds. The zero-order valence-corrected chi connectivity index (χ0v) is 22.7. The van der Waals surface area contributed by atoms with Crippen molar-refractivity contribution in [3.63, 3.8) is 0 Å². The highest BCUT2D eigenvalue weighted by Crippen LogP contribution is 2.50. The molecule has 2 fully saturated rings. The number of aliphatic hydroxyl groups excluding tert-OH is 1. The lowest BCUT2D eigenvalue weighted by molar-refractivity contribution is -0.136. The third kappa shape index (κ3) is 8.45. The topological polar surface area (TPSA) is 156 Å². The molecular weight excluding hydrogens is 500 g/mol. The number of aromatic hydroxyl groups is 2. The molecule has 2 aliphatic rings. The van der Waals surface area contributed by atoms with E-state index in [-0.39, 0.29) is 42.3 Å². The van der Waals surface area contributed by atoms with Crippen molar-refractivity contribution in [2.24, 2.45) is 11.8 Å². The van der Waals surface area contributed by atoms with Crippen LogP contribution < -0.4 is 10.6 Å². The number of rotatable bonds is 12. The lowest BCUT2D eigenvalue weighted by Gasteiger charge is -2.10. The zero-order valence-electron chi connectivity index (χ0n) is 22.7. The van der Waals surface area contributed by atoms with Crippen molar-refractivity contribution in [2.75, 3.05) is 19.7 Å². The maximum absolute atomic E-state index is 11.2. The van der Waals surface area contributed by atoms with Gasteiger partial charge in [-0.25, -0.2) is 0 Å². The Labute approximate surface area is 229 Å². The van der Waals surface area contributed by atoms with Gasteiger partial charge in [-0.1, -0.05) is 38.1 Å². The summed E-state index contributed by atoms with van der Waals surface area (Å²) in [6, 6.07) is 10.6. The van der Waals surface area contributed by atoms with Gasteiger partial charge in [0.05, 0.1) is 6.42 Å². The van der Waals surface area contributed by atoms with Crippen LogP contribution in [0.1, 0.15) is 73.6 Å². The summed E-state index contributed by atoms with van der Waals surface area (Å²) in [5.74, 6) is 0.857. The van der Waals surface area contributed by atoms with Gasteiger partial charge in [-0.05, 0) is 71.8 Å². The van der Waals surface area contributed by atoms with E-state index in [9.17, 15) is 24.6 Å². The summed E-state index contributed by atoms with van der Waals surface area (Å²) in [6.07, 6.45) is 3.23. The molecule has 4 rings (SSSR count). The SMILES string of the molecule is CCC(=O)NC[C@@H]1C[C@H]1c1cccc(O)c1CC(=O)O.CCC(=O)NC[C@@H]1C[C@H]1c1cccc(O)c1CCO. The Kier molecular flexibility index (Phi) is 10.7. The Balaban J connectivity index is 0.000000216. The highest BCUT2D eigenvalue weighted by molar-refractivity contribution is 5.76. The molecule has 0 aromatic heterocycles. The van der Waals surface area contributed by atoms with Gasteiger partial charge in [-0.2, -0.15) is 0 Å². The summed E-state index contributed by atoms with van der Waals surface area (Å²) in [7, 11) is 0. The second-order valence-electron chi connectivity index (χ2n) is 10.3. The van der Waals surface area contributed by atoms with Crippen LogP contribution in [0.3, 0.4) is 0 Å². The molecule has 9 nitrogen and oxygen atoms in total. The van der Waals surface area contributed by atoms with E-state index < -0.39 is 5.97 Å². The van der Waals surface area contributed by atoms with Crippen molar-refractivity contribution in [1.82, 2.24) is 10.6 Å². The van der Waals surface area contributed by atoms with Gasteiger partial charge in [0, 0.05) is 38.1 Å². The summed E-state index contributed by atoms with van der Waals surface area (Å²) >= 11 is 0. The Morgan fingerprint density at radius 2 is 1.26 bits per heavy atom. The fourth-order valence-electron chi connectivity index (χ4n) is 5.05. The molecule has 0 heterocycles. The summed E-state index contributed by atoms with van der Waals surface area (Å²) in [5.41, 5.74) is 3.35. The third-order valence-corrected chi connectivity index (χ3v) is 7.47. The van der Waals surface area contributed by atoms with E-state index in [2.05, 4.69) is 10.6 Å². The molecule has 6 N–H and O–H groups in total. The number of benzene rings is 2. The smallest absolute Gasteiger partial charge is 0.307 e. The molecule has 9 heteroatoms. The van der Waals surface area contributed by atoms with Crippen molar-refractivity contribution < 1.29 is 34.8 Å². The van der Waals surface area contributed by atoms with Gasteiger partial charge in [-0.15, -0.1) is 0 Å². The van der Waals surface area contributed by atoms with E-state index >= 15 is 0 Å². The average molecular weight is 541 g/mol. The summed E-state index contributed by atoms with van der Waals surface area (Å²) < 4.78 is 0. The number of amides is 2. The number of phenolic OH excluding ortho intramolecular Hbond substituents is 2. The summed E-state index contributed by atoms with van der Waals surface area (Å²) in [4.78, 5) is 33.3. The number of carbonyl (C=O) groups excluding carboxylic acids is 2. The third-order valence-electron chi connectivity index (χ3n) is 7.47. The standard InChI is InChI=1S/C15H19NO4.C15H21NO3/c1-2-14(18)16-8-9-6-11(9)10-4-3-5-13(17)12(10)7-15(19)20;1-2-15(19)16-9-10-8-13(10)11-4-3-5-14(18)12(11)6-7-17/h3-5,9,11,17H,2,6-8H2,1H3,(H,16,18)(H,19,20);3-5,10,13,17-18H,2,6-9H2,1H3,(H,16,19)/t9-,11+;10-,13+/m00/s1. The van der Waals surface area contributed by atoms with Gasteiger partial charge in [0.15, 0.2) is 0 Å². The highest BCUT2D eigenvalue weighted by atomic mass is 16.4. The molecule has 0 spiro atoms. The monoisotopic (exact) mass is 540 g/mol. The predicted molar refractivity (Wildman–Crippen MR) is 147 cm³/mol. The minimum atomic E-state index is -0.954. The first kappa shape index (κ1) is 30.0.